The number of nitrogens with zero attached hydrogens (tertiary/aromatic N) is 2. The summed E-state index contributed by atoms with van der Waals surface area (Å²) in [5.41, 5.74) is 7.97. The first-order valence-electron chi connectivity index (χ1n) is 10.3. The number of nitrogens with two attached hydrogens (primary N) is 2. The zero-order valence-corrected chi connectivity index (χ0v) is 19.3. The van der Waals surface area contributed by atoms with E-state index in [1.807, 2.05) is 0 Å². The van der Waals surface area contributed by atoms with Gasteiger partial charge < -0.3 is 11.1 Å². The zero-order chi connectivity index (χ0) is 25.3. The molecule has 0 bridgehead atoms. The van der Waals surface area contributed by atoms with Crippen molar-refractivity contribution < 1.29 is 17.6 Å². The van der Waals surface area contributed by atoms with Gasteiger partial charge in [-0.25, -0.2) is 22.6 Å². The Balaban J connectivity index is 1.62. The Morgan fingerprint density at radius 1 is 1.06 bits per heavy atom. The molecule has 178 valence electrons. The number of aryl methyl sites for hydroxylation is 1. The third-order valence-corrected chi connectivity index (χ3v) is 6.17. The van der Waals surface area contributed by atoms with Gasteiger partial charge in [0.05, 0.1) is 21.8 Å². The summed E-state index contributed by atoms with van der Waals surface area (Å²) in [6.07, 6.45) is 0. The van der Waals surface area contributed by atoms with Crippen molar-refractivity contribution in [2.24, 2.45) is 10.9 Å². The SMILES string of the molecule is Cc1cc(C(=O)Nc2ccc(-c3ccccc3S(N)(=O)=O)cc2)n(-c2ccc(F)c(C(=N)N)c2)n1. The summed E-state index contributed by atoms with van der Waals surface area (Å²) in [5, 5.41) is 19.9. The minimum Gasteiger partial charge on any atom is -0.384 e. The molecule has 1 aromatic heterocycles. The van der Waals surface area contributed by atoms with Crippen molar-refractivity contribution in [3.05, 3.63) is 95.6 Å². The summed E-state index contributed by atoms with van der Waals surface area (Å²) < 4.78 is 39.1. The van der Waals surface area contributed by atoms with E-state index in [4.69, 9.17) is 16.3 Å². The van der Waals surface area contributed by atoms with Gasteiger partial charge in [-0.3, -0.25) is 10.2 Å². The Morgan fingerprint density at radius 2 is 1.74 bits per heavy atom. The number of amides is 1. The monoisotopic (exact) mass is 492 g/mol. The number of nitrogen functional groups attached to an aromatic ring is 1. The van der Waals surface area contributed by atoms with Crippen LogP contribution in [0, 0.1) is 18.2 Å². The van der Waals surface area contributed by atoms with Crippen molar-refractivity contribution in [1.82, 2.24) is 9.78 Å². The van der Waals surface area contributed by atoms with Crippen LogP contribution in [-0.2, 0) is 10.0 Å². The predicted molar refractivity (Wildman–Crippen MR) is 130 cm³/mol. The Hall–Kier alpha value is -4.35. The van der Waals surface area contributed by atoms with Gasteiger partial charge in [0.2, 0.25) is 10.0 Å². The summed E-state index contributed by atoms with van der Waals surface area (Å²) in [4.78, 5) is 13.0. The molecule has 0 aliphatic heterocycles. The van der Waals surface area contributed by atoms with Crippen molar-refractivity contribution >= 4 is 27.5 Å². The Morgan fingerprint density at radius 3 is 2.40 bits per heavy atom. The molecule has 0 saturated carbocycles. The third-order valence-electron chi connectivity index (χ3n) is 5.20. The number of anilines is 1. The molecular formula is C24H21FN6O3S. The lowest BCUT2D eigenvalue weighted by Crippen LogP contribution is -2.18. The molecule has 0 aliphatic carbocycles. The summed E-state index contributed by atoms with van der Waals surface area (Å²) in [7, 11) is -3.91. The molecule has 0 spiro atoms. The average Bonchev–Trinajstić information content (AvgIpc) is 3.21. The average molecular weight is 493 g/mol. The van der Waals surface area contributed by atoms with E-state index in [-0.39, 0.29) is 16.2 Å². The number of hydrogen-bond acceptors (Lipinski definition) is 5. The van der Waals surface area contributed by atoms with Crippen LogP contribution in [0.1, 0.15) is 21.7 Å². The molecule has 0 fully saturated rings. The number of sulfonamides is 1. The molecule has 3 aromatic carbocycles. The van der Waals surface area contributed by atoms with Crippen molar-refractivity contribution in [1.29, 1.82) is 5.41 Å². The molecule has 6 N–H and O–H groups in total. The smallest absolute Gasteiger partial charge is 0.274 e. The quantitative estimate of drug-likeness (QED) is 0.240. The number of rotatable bonds is 6. The van der Waals surface area contributed by atoms with E-state index in [0.717, 1.165) is 6.07 Å². The molecule has 35 heavy (non-hydrogen) atoms. The maximum absolute atomic E-state index is 14.0. The lowest BCUT2D eigenvalue weighted by atomic mass is 10.1. The number of amidine groups is 1. The van der Waals surface area contributed by atoms with Gasteiger partial charge in [-0.2, -0.15) is 5.10 Å². The van der Waals surface area contributed by atoms with E-state index in [1.54, 1.807) is 55.5 Å². The molecule has 0 aliphatic rings. The maximum atomic E-state index is 14.0. The first kappa shape index (κ1) is 23.8. The highest BCUT2D eigenvalue weighted by atomic mass is 32.2. The fourth-order valence-corrected chi connectivity index (χ4v) is 4.35. The number of primary sulfonamides is 1. The van der Waals surface area contributed by atoms with Gasteiger partial charge in [0.1, 0.15) is 17.3 Å². The van der Waals surface area contributed by atoms with Gasteiger partial charge in [0.15, 0.2) is 0 Å². The third kappa shape index (κ3) is 4.95. The first-order valence-corrected chi connectivity index (χ1v) is 11.8. The van der Waals surface area contributed by atoms with Crippen molar-refractivity contribution in [2.45, 2.75) is 11.8 Å². The van der Waals surface area contributed by atoms with Gasteiger partial charge in [-0.05, 0) is 55.0 Å². The van der Waals surface area contributed by atoms with Crippen molar-refractivity contribution in [3.63, 3.8) is 0 Å². The molecule has 9 nitrogen and oxygen atoms in total. The molecule has 0 radical (unpaired) electrons. The normalized spacial score (nSPS) is 11.3. The summed E-state index contributed by atoms with van der Waals surface area (Å²) >= 11 is 0. The number of hydrogen-bond donors (Lipinski definition) is 4. The molecule has 1 heterocycles. The van der Waals surface area contributed by atoms with Crippen LogP contribution in [0.4, 0.5) is 10.1 Å². The first-order chi connectivity index (χ1) is 16.5. The predicted octanol–water partition coefficient (Wildman–Crippen LogP) is 3.17. The fraction of sp³-hybridized carbons (Fsp3) is 0.0417. The number of halogens is 1. The van der Waals surface area contributed by atoms with Crippen LogP contribution in [0.2, 0.25) is 0 Å². The second kappa shape index (κ2) is 9.12. The molecule has 0 atom stereocenters. The summed E-state index contributed by atoms with van der Waals surface area (Å²) in [6, 6.07) is 18.5. The maximum Gasteiger partial charge on any atom is 0.274 e. The Labute approximate surface area is 200 Å². The Kier molecular flexibility index (Phi) is 6.20. The van der Waals surface area contributed by atoms with Gasteiger partial charge >= 0.3 is 0 Å². The second-order valence-electron chi connectivity index (χ2n) is 7.73. The highest BCUT2D eigenvalue weighted by Gasteiger charge is 2.18. The standard InChI is InChI=1S/C24H21FN6O3S/c1-14-12-21(31(30-14)17-10-11-20(25)19(13-17)23(26)27)24(32)29-16-8-6-15(7-9-16)18-4-2-3-5-22(18)35(28,33)34/h2-13H,1H3,(H3,26,27)(H,29,32)(H2,28,33,34). The molecule has 4 aromatic rings. The number of benzene rings is 3. The van der Waals surface area contributed by atoms with Crippen LogP contribution in [0.3, 0.4) is 0 Å². The topological polar surface area (TPSA) is 157 Å². The van der Waals surface area contributed by atoms with E-state index in [1.165, 1.54) is 22.9 Å². The number of carbonyl (C=O) groups excluding carboxylic acids is 1. The summed E-state index contributed by atoms with van der Waals surface area (Å²) in [6.45, 7) is 1.71. The number of aromatic nitrogens is 2. The van der Waals surface area contributed by atoms with Gasteiger partial charge in [-0.1, -0.05) is 30.3 Å². The van der Waals surface area contributed by atoms with E-state index in [2.05, 4.69) is 10.4 Å². The van der Waals surface area contributed by atoms with Crippen LogP contribution in [0.25, 0.3) is 16.8 Å². The molecule has 11 heteroatoms. The highest BCUT2D eigenvalue weighted by Crippen LogP contribution is 2.28. The van der Waals surface area contributed by atoms with E-state index in [9.17, 15) is 17.6 Å². The van der Waals surface area contributed by atoms with Crippen LogP contribution >= 0.6 is 0 Å². The molecule has 1 amide bonds. The minimum atomic E-state index is -3.91. The molecule has 0 saturated heterocycles. The highest BCUT2D eigenvalue weighted by molar-refractivity contribution is 7.89. The van der Waals surface area contributed by atoms with Crippen molar-refractivity contribution in [3.8, 4) is 16.8 Å². The summed E-state index contributed by atoms with van der Waals surface area (Å²) in [5.74, 6) is -1.57. The largest absolute Gasteiger partial charge is 0.384 e. The van der Waals surface area contributed by atoms with Crippen LogP contribution < -0.4 is 16.2 Å². The lowest BCUT2D eigenvalue weighted by Gasteiger charge is -2.11. The lowest BCUT2D eigenvalue weighted by molar-refractivity contribution is 0.101. The number of carbonyl (C=O) groups is 1. The van der Waals surface area contributed by atoms with E-state index >= 15 is 0 Å². The van der Waals surface area contributed by atoms with Crippen molar-refractivity contribution in [2.75, 3.05) is 5.32 Å². The van der Waals surface area contributed by atoms with Crippen LogP contribution in [0.15, 0.2) is 77.7 Å². The van der Waals surface area contributed by atoms with Gasteiger partial charge in [0.25, 0.3) is 5.91 Å². The minimum absolute atomic E-state index is 0.000362. The van der Waals surface area contributed by atoms with Crippen LogP contribution in [0.5, 0.6) is 0 Å². The number of nitrogens with one attached hydrogen (secondary N) is 2. The van der Waals surface area contributed by atoms with E-state index < -0.39 is 27.6 Å². The molecular weight excluding hydrogens is 471 g/mol. The molecule has 0 unspecified atom stereocenters. The van der Waals surface area contributed by atoms with Crippen LogP contribution in [-0.4, -0.2) is 29.9 Å². The zero-order valence-electron chi connectivity index (χ0n) is 18.5. The van der Waals surface area contributed by atoms with E-state index in [0.29, 0.717) is 28.2 Å². The second-order valence-corrected chi connectivity index (χ2v) is 9.26. The molecule has 4 rings (SSSR count). The van der Waals surface area contributed by atoms with Gasteiger partial charge in [0, 0.05) is 11.3 Å². The fourth-order valence-electron chi connectivity index (χ4n) is 3.59. The van der Waals surface area contributed by atoms with Gasteiger partial charge in [-0.15, -0.1) is 0 Å². The Bertz CT molecular complexity index is 1560.